The second-order valence-corrected chi connectivity index (χ2v) is 10.8. The number of halogens is 2. The number of carbonyl (C=O) groups is 1. The van der Waals surface area contributed by atoms with Crippen molar-refractivity contribution < 1.29 is 26.7 Å². The molecule has 9 nitrogen and oxygen atoms in total. The summed E-state index contributed by atoms with van der Waals surface area (Å²) in [6, 6.07) is 5.61. The van der Waals surface area contributed by atoms with Crippen molar-refractivity contribution in [3.63, 3.8) is 0 Å². The molecule has 0 unspecified atom stereocenters. The van der Waals surface area contributed by atoms with Crippen LogP contribution in [0.25, 0.3) is 11.1 Å². The maximum Gasteiger partial charge on any atom is 0.333 e. The van der Waals surface area contributed by atoms with E-state index >= 15 is 0 Å². The highest BCUT2D eigenvalue weighted by molar-refractivity contribution is 7.90. The second-order valence-electron chi connectivity index (χ2n) is 9.14. The number of fused-ring (bicyclic) bond motifs is 1. The molecule has 0 aliphatic heterocycles. The zero-order chi connectivity index (χ0) is 26.3. The van der Waals surface area contributed by atoms with Gasteiger partial charge in [-0.15, -0.1) is 0 Å². The van der Waals surface area contributed by atoms with Crippen molar-refractivity contribution in [2.45, 2.75) is 50.1 Å². The average molecular weight is 530 g/mol. The number of amides is 2. The van der Waals surface area contributed by atoms with Gasteiger partial charge in [-0.2, -0.15) is 22.3 Å². The first-order valence-corrected chi connectivity index (χ1v) is 13.2. The molecule has 1 saturated carbocycles. The Hall–Kier alpha value is -3.80. The predicted molar refractivity (Wildman–Crippen MR) is 132 cm³/mol. The molecule has 1 fully saturated rings. The Morgan fingerprint density at radius 1 is 1.19 bits per heavy atom. The number of sulfonamides is 1. The quantitative estimate of drug-likeness (QED) is 0.476. The van der Waals surface area contributed by atoms with Crippen LogP contribution < -0.4 is 14.8 Å². The lowest BCUT2D eigenvalue weighted by molar-refractivity contribution is 0.256. The fourth-order valence-corrected chi connectivity index (χ4v) is 5.72. The normalized spacial score (nSPS) is 16.6. The summed E-state index contributed by atoms with van der Waals surface area (Å²) in [6.07, 6.45) is 4.11. The number of aromatic nitrogens is 3. The van der Waals surface area contributed by atoms with Gasteiger partial charge in [0, 0.05) is 29.6 Å². The van der Waals surface area contributed by atoms with E-state index in [1.54, 1.807) is 12.3 Å². The molecule has 0 saturated heterocycles. The van der Waals surface area contributed by atoms with Gasteiger partial charge in [0.25, 0.3) is 16.1 Å². The van der Waals surface area contributed by atoms with Crippen LogP contribution in [0, 0.1) is 6.92 Å². The van der Waals surface area contributed by atoms with Gasteiger partial charge in [0.15, 0.2) is 5.03 Å². The smallest absolute Gasteiger partial charge is 0.333 e. The third kappa shape index (κ3) is 4.80. The summed E-state index contributed by atoms with van der Waals surface area (Å²) in [5, 5.41) is 6.41. The number of hydrogen-bond acceptors (Lipinski definition) is 6. The SMILES string of the molecule is COc1ccc(-c2c(C)cc3c(c2NC(=O)NS(=O)(=O)c2ccn(C4CC(=C(F)F)C4)n2)CCC3)cn1. The minimum absolute atomic E-state index is 0.0379. The van der Waals surface area contributed by atoms with Crippen molar-refractivity contribution in [1.82, 2.24) is 19.5 Å². The van der Waals surface area contributed by atoms with Crippen molar-refractivity contribution in [1.29, 1.82) is 0 Å². The lowest BCUT2D eigenvalue weighted by Crippen LogP contribution is -2.35. The summed E-state index contributed by atoms with van der Waals surface area (Å²) in [4.78, 5) is 17.2. The van der Waals surface area contributed by atoms with E-state index in [-0.39, 0.29) is 29.5 Å². The number of hydrogen-bond donors (Lipinski definition) is 2. The van der Waals surface area contributed by atoms with E-state index in [0.717, 1.165) is 47.1 Å². The Labute approximate surface area is 212 Å². The van der Waals surface area contributed by atoms with Crippen molar-refractivity contribution in [2.24, 2.45) is 0 Å². The number of methoxy groups -OCH3 is 1. The molecule has 2 aliphatic rings. The van der Waals surface area contributed by atoms with Gasteiger partial charge in [-0.3, -0.25) is 4.68 Å². The van der Waals surface area contributed by atoms with Gasteiger partial charge < -0.3 is 10.1 Å². The lowest BCUT2D eigenvalue weighted by atomic mass is 9.87. The summed E-state index contributed by atoms with van der Waals surface area (Å²) < 4.78 is 59.6. The number of allylic oxidation sites excluding steroid dienone is 1. The van der Waals surface area contributed by atoms with Gasteiger partial charge in [-0.25, -0.2) is 14.5 Å². The van der Waals surface area contributed by atoms with Crippen molar-refractivity contribution in [3.8, 4) is 17.0 Å². The summed E-state index contributed by atoms with van der Waals surface area (Å²) in [7, 11) is -2.78. The molecule has 12 heteroatoms. The maximum atomic E-state index is 13.0. The molecule has 0 radical (unpaired) electrons. The third-order valence-corrected chi connectivity index (χ3v) is 7.98. The molecule has 3 aromatic rings. The third-order valence-electron chi connectivity index (χ3n) is 6.76. The Bertz CT molecular complexity index is 1500. The van der Waals surface area contributed by atoms with E-state index in [4.69, 9.17) is 4.74 Å². The van der Waals surface area contributed by atoms with E-state index in [1.165, 1.54) is 24.1 Å². The molecule has 0 bridgehead atoms. The van der Waals surface area contributed by atoms with E-state index in [1.807, 2.05) is 17.7 Å². The number of rotatable bonds is 6. The van der Waals surface area contributed by atoms with E-state index in [2.05, 4.69) is 21.5 Å². The van der Waals surface area contributed by atoms with E-state index in [9.17, 15) is 22.0 Å². The molecule has 0 atom stereocenters. The number of ether oxygens (including phenoxy) is 1. The summed E-state index contributed by atoms with van der Waals surface area (Å²) in [5.74, 6) is 0.448. The summed E-state index contributed by atoms with van der Waals surface area (Å²) in [5.41, 5.74) is 5.07. The van der Waals surface area contributed by atoms with E-state index < -0.39 is 22.1 Å². The molecule has 194 valence electrons. The van der Waals surface area contributed by atoms with Crippen LogP contribution in [0.3, 0.4) is 0 Å². The van der Waals surface area contributed by atoms with Crippen LogP contribution in [-0.2, 0) is 22.9 Å². The molecule has 5 rings (SSSR count). The molecule has 2 aliphatic carbocycles. The monoisotopic (exact) mass is 529 g/mol. The molecular formula is C25H25F2N5O4S. The van der Waals surface area contributed by atoms with Gasteiger partial charge in [0.2, 0.25) is 5.88 Å². The Morgan fingerprint density at radius 3 is 2.65 bits per heavy atom. The number of nitrogens with one attached hydrogen (secondary N) is 2. The first kappa shape index (κ1) is 24.9. The van der Waals surface area contributed by atoms with Gasteiger partial charge >= 0.3 is 6.03 Å². The van der Waals surface area contributed by atoms with Gasteiger partial charge in [0.05, 0.1) is 18.8 Å². The average Bonchev–Trinajstić information content (AvgIpc) is 3.48. The van der Waals surface area contributed by atoms with Gasteiger partial charge in [0.1, 0.15) is 0 Å². The van der Waals surface area contributed by atoms with Crippen LogP contribution in [0.2, 0.25) is 0 Å². The molecule has 1 aromatic carbocycles. The largest absolute Gasteiger partial charge is 0.481 e. The zero-order valence-corrected chi connectivity index (χ0v) is 21.0. The number of aryl methyl sites for hydroxylation is 2. The molecule has 2 aromatic heterocycles. The highest BCUT2D eigenvalue weighted by Crippen LogP contribution is 2.41. The molecule has 2 heterocycles. The highest BCUT2D eigenvalue weighted by Gasteiger charge is 2.31. The van der Waals surface area contributed by atoms with Crippen molar-refractivity contribution >= 4 is 21.7 Å². The number of nitrogens with zero attached hydrogens (tertiary/aromatic N) is 3. The standard InChI is InChI=1S/C25H25F2N5O4S/c1-14-10-15-4-3-5-19(15)23(22(14)16-6-7-20(36-2)28-13-16)29-25(33)31-37(34,35)21-8-9-32(30-21)18-11-17(12-18)24(26)27/h6-10,13,18H,3-5,11-12H2,1-2H3,(H2,29,31,33). The van der Waals surface area contributed by atoms with Crippen LogP contribution >= 0.6 is 0 Å². The number of urea groups is 1. The van der Waals surface area contributed by atoms with Crippen LogP contribution in [0.5, 0.6) is 5.88 Å². The van der Waals surface area contributed by atoms with Crippen LogP contribution in [0.1, 0.15) is 42.0 Å². The molecule has 37 heavy (non-hydrogen) atoms. The van der Waals surface area contributed by atoms with Gasteiger partial charge in [-0.1, -0.05) is 6.07 Å². The Balaban J connectivity index is 1.39. The fourth-order valence-electron chi connectivity index (χ4n) is 4.88. The van der Waals surface area contributed by atoms with Gasteiger partial charge in [-0.05, 0) is 73.4 Å². The van der Waals surface area contributed by atoms with Crippen LogP contribution in [0.15, 0.2) is 53.3 Å². The Morgan fingerprint density at radius 2 is 1.97 bits per heavy atom. The molecule has 0 spiro atoms. The van der Waals surface area contributed by atoms with Crippen LogP contribution in [0.4, 0.5) is 19.3 Å². The maximum absolute atomic E-state index is 13.0. The second kappa shape index (κ2) is 9.58. The van der Waals surface area contributed by atoms with Crippen LogP contribution in [-0.4, -0.2) is 36.3 Å². The lowest BCUT2D eigenvalue weighted by Gasteiger charge is -2.28. The number of anilines is 1. The highest BCUT2D eigenvalue weighted by atomic mass is 32.2. The number of benzene rings is 1. The minimum atomic E-state index is -4.30. The zero-order valence-electron chi connectivity index (χ0n) is 20.2. The first-order valence-electron chi connectivity index (χ1n) is 11.7. The van der Waals surface area contributed by atoms with Crippen molar-refractivity contribution in [3.05, 3.63) is 65.0 Å². The minimum Gasteiger partial charge on any atom is -0.481 e. The predicted octanol–water partition coefficient (Wildman–Crippen LogP) is 4.75. The molecule has 2 N–H and O–H groups in total. The van der Waals surface area contributed by atoms with Crippen molar-refractivity contribution in [2.75, 3.05) is 12.4 Å². The number of carbonyl (C=O) groups excluding carboxylic acids is 1. The summed E-state index contributed by atoms with van der Waals surface area (Å²) in [6.45, 7) is 1.93. The van der Waals surface area contributed by atoms with E-state index in [0.29, 0.717) is 11.6 Å². The summed E-state index contributed by atoms with van der Waals surface area (Å²) >= 11 is 0. The Kier molecular flexibility index (Phi) is 6.44. The molecule has 2 amide bonds. The topological polar surface area (TPSA) is 115 Å². The number of pyridine rings is 1. The first-order chi connectivity index (χ1) is 17.7. The fraction of sp³-hybridized carbons (Fsp3) is 0.320. The molecular weight excluding hydrogens is 504 g/mol.